The maximum atomic E-state index is 15.1. The summed E-state index contributed by atoms with van der Waals surface area (Å²) in [6, 6.07) is 58.9. The Labute approximate surface area is 261 Å². The molecule has 8 aromatic carbocycles. The zero-order valence-corrected chi connectivity index (χ0v) is 25.4. The van der Waals surface area contributed by atoms with Crippen LogP contribution in [0.25, 0.3) is 59.8 Å². The van der Waals surface area contributed by atoms with Gasteiger partial charge in [0, 0.05) is 37.8 Å². The van der Waals surface area contributed by atoms with E-state index in [1.54, 1.807) is 0 Å². The van der Waals surface area contributed by atoms with Crippen molar-refractivity contribution >= 4 is 77.2 Å². The fraction of sp³-hybridized carbons (Fsp3) is 0. The molecule has 0 atom stereocenters. The van der Waals surface area contributed by atoms with Crippen molar-refractivity contribution in [3.63, 3.8) is 0 Å². The van der Waals surface area contributed by atoms with Gasteiger partial charge < -0.3 is 9.13 Å². The second-order valence-corrected chi connectivity index (χ2v) is 14.4. The fourth-order valence-electron chi connectivity index (χ4n) is 7.24. The lowest BCUT2D eigenvalue weighted by molar-refractivity contribution is 0.592. The van der Waals surface area contributed by atoms with E-state index in [0.717, 1.165) is 27.1 Å². The molecule has 3 heteroatoms. The summed E-state index contributed by atoms with van der Waals surface area (Å²) in [5.74, 6) is 0. The highest BCUT2D eigenvalue weighted by atomic mass is 31.2. The predicted octanol–water partition coefficient (Wildman–Crippen LogP) is 9.88. The Balaban J connectivity index is 1.38. The van der Waals surface area contributed by atoms with Gasteiger partial charge in [-0.1, -0.05) is 140 Å². The van der Waals surface area contributed by atoms with Crippen LogP contribution in [0.3, 0.4) is 0 Å². The number of rotatable bonds is 4. The molecule has 9 rings (SSSR count). The number of hydrogen-bond acceptors (Lipinski definition) is 1. The number of fused-ring (bicyclic) bond motifs is 10. The van der Waals surface area contributed by atoms with Crippen LogP contribution >= 0.6 is 7.14 Å². The number of hydrogen-bond donors (Lipinski definition) is 0. The Morgan fingerprint density at radius 1 is 0.378 bits per heavy atom. The van der Waals surface area contributed by atoms with E-state index in [0.29, 0.717) is 0 Å². The van der Waals surface area contributed by atoms with Gasteiger partial charge in [0.25, 0.3) is 0 Å². The second-order valence-electron chi connectivity index (χ2n) is 11.6. The van der Waals surface area contributed by atoms with E-state index in [-0.39, 0.29) is 0 Å². The largest absolute Gasteiger partial charge is 0.309 e. The Hall–Kier alpha value is -5.43. The van der Waals surface area contributed by atoms with Crippen molar-refractivity contribution in [3.05, 3.63) is 170 Å². The summed E-state index contributed by atoms with van der Waals surface area (Å²) in [7, 11) is -3.08. The Morgan fingerprint density at radius 2 is 0.867 bits per heavy atom. The molecule has 0 unspecified atom stereocenters. The molecule has 0 spiro atoms. The molecule has 0 aliphatic carbocycles. The number of nitrogens with zero attached hydrogens (tertiary/aromatic N) is 1. The molecule has 0 bridgehead atoms. The molecule has 0 aliphatic heterocycles. The van der Waals surface area contributed by atoms with Crippen LogP contribution in [0.4, 0.5) is 0 Å². The summed E-state index contributed by atoms with van der Waals surface area (Å²) < 4.78 is 17.5. The minimum Gasteiger partial charge on any atom is -0.309 e. The first-order chi connectivity index (χ1) is 22.2. The first-order valence-corrected chi connectivity index (χ1v) is 17.0. The van der Waals surface area contributed by atoms with Crippen LogP contribution in [0, 0.1) is 0 Å². The molecule has 1 aromatic heterocycles. The fourth-order valence-corrected chi connectivity index (χ4v) is 9.89. The standard InChI is InChI=1S/C42H28NOP/c44-45(31-14-3-1-4-15-31,32-16-5-2-6-17-32)33-26-24-30(25-27-33)43-39-28-23-29-13-7-8-18-34(29)40(39)41-37-21-11-9-19-35(37)36-20-10-12-22-38(36)42(41)43/h1-28H. The molecule has 45 heavy (non-hydrogen) atoms. The highest BCUT2D eigenvalue weighted by Gasteiger charge is 2.30. The molecular formula is C42H28NOP. The van der Waals surface area contributed by atoms with Crippen molar-refractivity contribution in [1.29, 1.82) is 0 Å². The smallest absolute Gasteiger partial charge is 0.171 e. The Morgan fingerprint density at radius 3 is 1.51 bits per heavy atom. The zero-order chi connectivity index (χ0) is 30.0. The molecule has 212 valence electrons. The van der Waals surface area contributed by atoms with E-state index in [9.17, 15) is 0 Å². The monoisotopic (exact) mass is 593 g/mol. The average Bonchev–Trinajstić information content (AvgIpc) is 3.48. The summed E-state index contributed by atoms with van der Waals surface area (Å²) in [5.41, 5.74) is 3.40. The molecule has 0 saturated heterocycles. The quantitative estimate of drug-likeness (QED) is 0.147. The number of benzene rings is 8. The minimum atomic E-state index is -3.08. The molecule has 0 aliphatic rings. The van der Waals surface area contributed by atoms with Crippen LogP contribution < -0.4 is 15.9 Å². The van der Waals surface area contributed by atoms with Gasteiger partial charge in [-0.3, -0.25) is 0 Å². The van der Waals surface area contributed by atoms with Crippen LogP contribution in [0.1, 0.15) is 0 Å². The van der Waals surface area contributed by atoms with Crippen molar-refractivity contribution in [2.24, 2.45) is 0 Å². The van der Waals surface area contributed by atoms with E-state index in [1.165, 1.54) is 48.6 Å². The minimum absolute atomic E-state index is 0.824. The molecule has 0 fully saturated rings. The molecule has 1 heterocycles. The van der Waals surface area contributed by atoms with E-state index in [4.69, 9.17) is 0 Å². The highest BCUT2D eigenvalue weighted by molar-refractivity contribution is 7.85. The van der Waals surface area contributed by atoms with E-state index >= 15 is 4.57 Å². The van der Waals surface area contributed by atoms with E-state index in [2.05, 4.69) is 114 Å². The summed E-state index contributed by atoms with van der Waals surface area (Å²) >= 11 is 0. The molecule has 0 N–H and O–H groups in total. The van der Waals surface area contributed by atoms with Crippen molar-refractivity contribution in [2.45, 2.75) is 0 Å². The Bertz CT molecular complexity index is 2560. The van der Waals surface area contributed by atoms with Crippen molar-refractivity contribution in [2.75, 3.05) is 0 Å². The maximum Gasteiger partial charge on any atom is 0.171 e. The molecule has 0 radical (unpaired) electrons. The van der Waals surface area contributed by atoms with Gasteiger partial charge in [0.1, 0.15) is 0 Å². The first kappa shape index (κ1) is 26.0. The maximum absolute atomic E-state index is 15.1. The lowest BCUT2D eigenvalue weighted by Crippen LogP contribution is -2.24. The zero-order valence-electron chi connectivity index (χ0n) is 24.5. The summed E-state index contributed by atoms with van der Waals surface area (Å²) in [6.07, 6.45) is 0. The molecule has 0 amide bonds. The van der Waals surface area contributed by atoms with Gasteiger partial charge >= 0.3 is 0 Å². The van der Waals surface area contributed by atoms with Crippen LogP contribution in [-0.4, -0.2) is 4.57 Å². The van der Waals surface area contributed by atoms with Gasteiger partial charge in [0.2, 0.25) is 0 Å². The average molecular weight is 594 g/mol. The molecular weight excluding hydrogens is 565 g/mol. The lowest BCUT2D eigenvalue weighted by Gasteiger charge is -2.20. The van der Waals surface area contributed by atoms with E-state index < -0.39 is 7.14 Å². The van der Waals surface area contributed by atoms with Crippen LogP contribution in [-0.2, 0) is 4.57 Å². The number of aromatic nitrogens is 1. The summed E-state index contributed by atoms with van der Waals surface area (Å²) in [6.45, 7) is 0. The predicted molar refractivity (Wildman–Crippen MR) is 193 cm³/mol. The van der Waals surface area contributed by atoms with Crippen LogP contribution in [0.2, 0.25) is 0 Å². The van der Waals surface area contributed by atoms with E-state index in [1.807, 2.05) is 60.7 Å². The van der Waals surface area contributed by atoms with Gasteiger partial charge in [-0.2, -0.15) is 0 Å². The van der Waals surface area contributed by atoms with Gasteiger partial charge in [0.05, 0.1) is 11.0 Å². The molecule has 2 nitrogen and oxygen atoms in total. The first-order valence-electron chi connectivity index (χ1n) is 15.3. The normalized spacial score (nSPS) is 12.1. The topological polar surface area (TPSA) is 22.0 Å². The van der Waals surface area contributed by atoms with Crippen LogP contribution in [0.15, 0.2) is 170 Å². The third kappa shape index (κ3) is 3.80. The molecule has 9 aromatic rings. The van der Waals surface area contributed by atoms with Gasteiger partial charge in [0.15, 0.2) is 7.14 Å². The van der Waals surface area contributed by atoms with Crippen molar-refractivity contribution in [3.8, 4) is 5.69 Å². The SMILES string of the molecule is O=P(c1ccccc1)(c1ccccc1)c1ccc(-n2c3ccc4ccccc4c3c3c4ccccc4c4ccccc4c32)cc1. The highest BCUT2D eigenvalue weighted by Crippen LogP contribution is 2.46. The van der Waals surface area contributed by atoms with Crippen LogP contribution in [0.5, 0.6) is 0 Å². The third-order valence-corrected chi connectivity index (χ3v) is 12.3. The summed E-state index contributed by atoms with van der Waals surface area (Å²) in [4.78, 5) is 0. The lowest BCUT2D eigenvalue weighted by atomic mass is 9.95. The van der Waals surface area contributed by atoms with Gasteiger partial charge in [-0.05, 0) is 57.3 Å². The Kier molecular flexibility index (Phi) is 5.81. The molecule has 0 saturated carbocycles. The second kappa shape index (κ2) is 10.1. The third-order valence-electron chi connectivity index (χ3n) is 9.24. The van der Waals surface area contributed by atoms with Gasteiger partial charge in [-0.25, -0.2) is 0 Å². The van der Waals surface area contributed by atoms with Crippen molar-refractivity contribution < 1.29 is 4.57 Å². The summed E-state index contributed by atoms with van der Waals surface area (Å²) in [5, 5.41) is 12.5. The van der Waals surface area contributed by atoms with Gasteiger partial charge in [-0.15, -0.1) is 0 Å². The van der Waals surface area contributed by atoms with Crippen molar-refractivity contribution in [1.82, 2.24) is 4.57 Å².